The van der Waals surface area contributed by atoms with E-state index in [4.69, 9.17) is 0 Å². The fourth-order valence-electron chi connectivity index (χ4n) is 4.40. The molecule has 1 amide bonds. The molecule has 0 saturated heterocycles. The number of anilines is 1. The Hall–Kier alpha value is -1.88. The van der Waals surface area contributed by atoms with Gasteiger partial charge in [0.15, 0.2) is 0 Å². The van der Waals surface area contributed by atoms with Crippen molar-refractivity contribution in [2.45, 2.75) is 56.0 Å². The maximum Gasteiger partial charge on any atom is 0.251 e. The first-order chi connectivity index (χ1) is 13.0. The number of halogens is 2. The van der Waals surface area contributed by atoms with Crippen molar-refractivity contribution in [3.8, 4) is 0 Å². The Bertz CT molecular complexity index is 921. The van der Waals surface area contributed by atoms with Crippen molar-refractivity contribution in [3.63, 3.8) is 0 Å². The molecule has 2 N–H and O–H groups in total. The van der Waals surface area contributed by atoms with Crippen molar-refractivity contribution in [1.29, 1.82) is 0 Å². The number of rotatable bonds is 3. The summed E-state index contributed by atoms with van der Waals surface area (Å²) in [5, 5.41) is 6.71. The highest BCUT2D eigenvalue weighted by atomic mass is 79.9. The average Bonchev–Trinajstić information content (AvgIpc) is 3.39. The van der Waals surface area contributed by atoms with E-state index in [0.29, 0.717) is 6.04 Å². The summed E-state index contributed by atoms with van der Waals surface area (Å²) in [6.07, 6.45) is 6.56. The van der Waals surface area contributed by atoms with Gasteiger partial charge >= 0.3 is 0 Å². The van der Waals surface area contributed by atoms with E-state index in [0.717, 1.165) is 53.4 Å². The molecule has 5 rings (SSSR count). The van der Waals surface area contributed by atoms with Gasteiger partial charge in [0.05, 0.1) is 6.04 Å². The van der Waals surface area contributed by atoms with Gasteiger partial charge in [0.25, 0.3) is 5.91 Å². The lowest BCUT2D eigenvalue weighted by Crippen LogP contribution is -2.39. The van der Waals surface area contributed by atoms with E-state index >= 15 is 0 Å². The topological polar surface area (TPSA) is 41.1 Å². The first kappa shape index (κ1) is 17.2. The van der Waals surface area contributed by atoms with Crippen molar-refractivity contribution in [1.82, 2.24) is 5.32 Å². The Morgan fingerprint density at radius 2 is 2.00 bits per heavy atom. The fourth-order valence-corrected chi connectivity index (χ4v) is 4.93. The molecule has 3 aliphatic rings. The third kappa shape index (κ3) is 3.06. The lowest BCUT2D eigenvalue weighted by molar-refractivity contribution is 0.0917. The van der Waals surface area contributed by atoms with Gasteiger partial charge in [0.2, 0.25) is 0 Å². The standard InChI is InChI=1S/C22H22BrFN2O/c23-18-6-5-14(24)11-16(18)20-12-22(8-9-22)17-10-13(4-7-19(17)26-20)21(27)25-15-2-1-3-15/h4-7,10-11,15,20,26H,1-3,8-9,12H2,(H,25,27). The van der Waals surface area contributed by atoms with Crippen LogP contribution in [0.3, 0.4) is 0 Å². The van der Waals surface area contributed by atoms with Crippen molar-refractivity contribution in [2.24, 2.45) is 0 Å². The maximum absolute atomic E-state index is 13.8. The minimum atomic E-state index is -0.214. The van der Waals surface area contributed by atoms with Gasteiger partial charge in [-0.15, -0.1) is 0 Å². The molecule has 0 bridgehead atoms. The number of amides is 1. The number of carbonyl (C=O) groups excluding carboxylic acids is 1. The number of carbonyl (C=O) groups is 1. The third-order valence-corrected chi connectivity index (χ3v) is 7.13. The van der Waals surface area contributed by atoms with Crippen LogP contribution in [0.15, 0.2) is 40.9 Å². The van der Waals surface area contributed by atoms with Crippen molar-refractivity contribution >= 4 is 27.5 Å². The van der Waals surface area contributed by atoms with Crippen LogP contribution < -0.4 is 10.6 Å². The Balaban J connectivity index is 1.45. The highest BCUT2D eigenvalue weighted by molar-refractivity contribution is 9.10. The van der Waals surface area contributed by atoms with Gasteiger partial charge in [-0.2, -0.15) is 0 Å². The number of hydrogen-bond donors (Lipinski definition) is 2. The number of benzene rings is 2. The smallest absolute Gasteiger partial charge is 0.251 e. The van der Waals surface area contributed by atoms with E-state index in [1.165, 1.54) is 18.1 Å². The normalized spacial score (nSPS) is 22.5. The first-order valence-electron chi connectivity index (χ1n) is 9.71. The molecule has 2 fully saturated rings. The molecule has 1 unspecified atom stereocenters. The second kappa shape index (κ2) is 6.33. The van der Waals surface area contributed by atoms with Crippen LogP contribution in [0.25, 0.3) is 0 Å². The average molecular weight is 429 g/mol. The predicted molar refractivity (Wildman–Crippen MR) is 108 cm³/mol. The van der Waals surface area contributed by atoms with Crippen LogP contribution in [-0.2, 0) is 5.41 Å². The highest BCUT2D eigenvalue weighted by Gasteiger charge is 2.50. The molecule has 27 heavy (non-hydrogen) atoms. The molecule has 1 heterocycles. The Morgan fingerprint density at radius 3 is 2.70 bits per heavy atom. The van der Waals surface area contributed by atoms with Crippen LogP contribution in [0.4, 0.5) is 10.1 Å². The second-order valence-corrected chi connectivity index (χ2v) is 9.06. The number of nitrogens with one attached hydrogen (secondary N) is 2. The quantitative estimate of drug-likeness (QED) is 0.681. The summed E-state index contributed by atoms with van der Waals surface area (Å²) in [5.41, 5.74) is 4.13. The van der Waals surface area contributed by atoms with E-state index in [2.05, 4.69) is 32.6 Å². The molecule has 2 aliphatic carbocycles. The minimum Gasteiger partial charge on any atom is -0.378 e. The lowest BCUT2D eigenvalue weighted by Gasteiger charge is -2.35. The molecule has 0 aromatic heterocycles. The summed E-state index contributed by atoms with van der Waals surface area (Å²) in [6, 6.07) is 11.3. The van der Waals surface area contributed by atoms with Gasteiger partial charge in [-0.1, -0.05) is 15.9 Å². The zero-order valence-corrected chi connectivity index (χ0v) is 16.6. The zero-order chi connectivity index (χ0) is 18.6. The molecule has 1 spiro atoms. The molecule has 2 aromatic rings. The van der Waals surface area contributed by atoms with Crippen LogP contribution in [0, 0.1) is 5.82 Å². The van der Waals surface area contributed by atoms with E-state index < -0.39 is 0 Å². The summed E-state index contributed by atoms with van der Waals surface area (Å²) in [7, 11) is 0. The Morgan fingerprint density at radius 1 is 1.19 bits per heavy atom. The highest BCUT2D eigenvalue weighted by Crippen LogP contribution is 2.59. The van der Waals surface area contributed by atoms with Gasteiger partial charge in [0.1, 0.15) is 5.82 Å². The molecule has 2 aromatic carbocycles. The first-order valence-corrected chi connectivity index (χ1v) is 10.5. The molecule has 140 valence electrons. The summed E-state index contributed by atoms with van der Waals surface area (Å²) in [6.45, 7) is 0. The van der Waals surface area contributed by atoms with Gasteiger partial charge in [-0.25, -0.2) is 4.39 Å². The maximum atomic E-state index is 13.8. The van der Waals surface area contributed by atoms with Gasteiger partial charge < -0.3 is 10.6 Å². The summed E-state index contributed by atoms with van der Waals surface area (Å²) in [5.74, 6) is -0.179. The lowest BCUT2D eigenvalue weighted by atomic mass is 9.81. The summed E-state index contributed by atoms with van der Waals surface area (Å²) in [4.78, 5) is 12.6. The van der Waals surface area contributed by atoms with Crippen molar-refractivity contribution < 1.29 is 9.18 Å². The molecule has 2 saturated carbocycles. The van der Waals surface area contributed by atoms with E-state index in [9.17, 15) is 9.18 Å². The monoisotopic (exact) mass is 428 g/mol. The predicted octanol–water partition coefficient (Wildman–Crippen LogP) is 5.46. The summed E-state index contributed by atoms with van der Waals surface area (Å²) < 4.78 is 14.7. The SMILES string of the molecule is O=C(NC1CCC1)c1ccc2c(c1)C1(CC1)CC(c1cc(F)ccc1Br)N2. The molecule has 3 nitrogen and oxygen atoms in total. The molecular weight excluding hydrogens is 407 g/mol. The summed E-state index contributed by atoms with van der Waals surface area (Å²) >= 11 is 3.57. The second-order valence-electron chi connectivity index (χ2n) is 8.21. The number of hydrogen-bond acceptors (Lipinski definition) is 2. The molecular formula is C22H22BrFN2O. The van der Waals surface area contributed by atoms with Crippen molar-refractivity contribution in [2.75, 3.05) is 5.32 Å². The minimum absolute atomic E-state index is 0.0355. The van der Waals surface area contributed by atoms with E-state index in [1.54, 1.807) is 12.1 Å². The Labute approximate surface area is 166 Å². The van der Waals surface area contributed by atoms with Crippen LogP contribution in [0.2, 0.25) is 0 Å². The molecule has 1 atom stereocenters. The van der Waals surface area contributed by atoms with Crippen LogP contribution in [0.5, 0.6) is 0 Å². The largest absolute Gasteiger partial charge is 0.378 e. The third-order valence-electron chi connectivity index (χ3n) is 6.41. The fraction of sp³-hybridized carbons (Fsp3) is 0.409. The van der Waals surface area contributed by atoms with Crippen LogP contribution in [-0.4, -0.2) is 11.9 Å². The Kier molecular flexibility index (Phi) is 4.04. The molecule has 0 radical (unpaired) electrons. The molecule has 5 heteroatoms. The van der Waals surface area contributed by atoms with Gasteiger partial charge in [-0.05, 0) is 91.5 Å². The van der Waals surface area contributed by atoms with E-state index in [1.807, 2.05) is 12.1 Å². The van der Waals surface area contributed by atoms with Crippen molar-refractivity contribution in [3.05, 3.63) is 63.4 Å². The number of fused-ring (bicyclic) bond motifs is 2. The van der Waals surface area contributed by atoms with Crippen LogP contribution in [0.1, 0.15) is 66.1 Å². The van der Waals surface area contributed by atoms with Gasteiger partial charge in [0, 0.05) is 21.8 Å². The van der Waals surface area contributed by atoms with Crippen LogP contribution >= 0.6 is 15.9 Å². The van der Waals surface area contributed by atoms with Gasteiger partial charge in [-0.3, -0.25) is 4.79 Å². The molecule has 1 aliphatic heterocycles. The zero-order valence-electron chi connectivity index (χ0n) is 15.0. The van der Waals surface area contributed by atoms with E-state index in [-0.39, 0.29) is 23.2 Å².